The number of nitrogens with zero attached hydrogens (tertiary/aromatic N) is 3. The maximum absolute atomic E-state index is 13.5. The SMILES string of the molecule is CN(c1ccc(F)cc1)c1nc(Cl)ncc1F. The number of anilines is 2. The van der Waals surface area contributed by atoms with E-state index >= 15 is 0 Å². The van der Waals surface area contributed by atoms with Gasteiger partial charge >= 0.3 is 0 Å². The zero-order chi connectivity index (χ0) is 12.4. The first-order chi connectivity index (χ1) is 8.08. The van der Waals surface area contributed by atoms with Gasteiger partial charge < -0.3 is 4.90 Å². The molecule has 0 amide bonds. The summed E-state index contributed by atoms with van der Waals surface area (Å²) < 4.78 is 26.2. The summed E-state index contributed by atoms with van der Waals surface area (Å²) in [7, 11) is 1.61. The third-order valence-electron chi connectivity index (χ3n) is 2.23. The highest BCUT2D eigenvalue weighted by atomic mass is 35.5. The van der Waals surface area contributed by atoms with Gasteiger partial charge in [0.2, 0.25) is 5.28 Å². The summed E-state index contributed by atoms with van der Waals surface area (Å²) in [5, 5.41) is -0.0460. The van der Waals surface area contributed by atoms with Gasteiger partial charge in [0.25, 0.3) is 0 Å². The normalized spacial score (nSPS) is 10.4. The fourth-order valence-electron chi connectivity index (χ4n) is 1.36. The van der Waals surface area contributed by atoms with Crippen molar-refractivity contribution in [3.63, 3.8) is 0 Å². The second kappa shape index (κ2) is 4.63. The van der Waals surface area contributed by atoms with Gasteiger partial charge in [-0.3, -0.25) is 0 Å². The van der Waals surface area contributed by atoms with Gasteiger partial charge in [0.15, 0.2) is 11.6 Å². The number of benzene rings is 1. The van der Waals surface area contributed by atoms with Crippen LogP contribution in [0.5, 0.6) is 0 Å². The molecule has 0 fully saturated rings. The molecule has 0 atom stereocenters. The van der Waals surface area contributed by atoms with Gasteiger partial charge in [-0.25, -0.2) is 13.8 Å². The summed E-state index contributed by atoms with van der Waals surface area (Å²) in [6.45, 7) is 0. The van der Waals surface area contributed by atoms with Crippen molar-refractivity contribution in [3.05, 3.63) is 47.4 Å². The molecule has 0 unspecified atom stereocenters. The Bertz CT molecular complexity index is 531. The van der Waals surface area contributed by atoms with Crippen molar-refractivity contribution in [2.24, 2.45) is 0 Å². The molecule has 1 aromatic heterocycles. The smallest absolute Gasteiger partial charge is 0.224 e. The molecule has 2 rings (SSSR count). The maximum Gasteiger partial charge on any atom is 0.224 e. The van der Waals surface area contributed by atoms with E-state index in [-0.39, 0.29) is 16.9 Å². The van der Waals surface area contributed by atoms with Crippen molar-refractivity contribution in [1.29, 1.82) is 0 Å². The molecule has 17 heavy (non-hydrogen) atoms. The summed E-state index contributed by atoms with van der Waals surface area (Å²) in [6, 6.07) is 5.61. The van der Waals surface area contributed by atoms with E-state index in [2.05, 4.69) is 9.97 Å². The predicted octanol–water partition coefficient (Wildman–Crippen LogP) is 3.18. The minimum Gasteiger partial charge on any atom is -0.327 e. The largest absolute Gasteiger partial charge is 0.327 e. The van der Waals surface area contributed by atoms with Crippen LogP contribution in [-0.2, 0) is 0 Å². The van der Waals surface area contributed by atoms with Gasteiger partial charge in [-0.1, -0.05) is 0 Å². The predicted molar refractivity (Wildman–Crippen MR) is 61.5 cm³/mol. The molecule has 1 heterocycles. The number of rotatable bonds is 2. The average Bonchev–Trinajstić information content (AvgIpc) is 2.32. The molecule has 0 saturated carbocycles. The second-order valence-corrected chi connectivity index (χ2v) is 3.68. The van der Waals surface area contributed by atoms with Crippen LogP contribution in [-0.4, -0.2) is 17.0 Å². The van der Waals surface area contributed by atoms with Crippen molar-refractivity contribution in [2.75, 3.05) is 11.9 Å². The number of halogens is 3. The summed E-state index contributed by atoms with van der Waals surface area (Å²) in [5.74, 6) is -0.916. The Morgan fingerprint density at radius 3 is 2.47 bits per heavy atom. The molecule has 6 heteroatoms. The Labute approximate surface area is 102 Å². The fraction of sp³-hybridized carbons (Fsp3) is 0.0909. The minimum absolute atomic E-state index is 0.0385. The van der Waals surface area contributed by atoms with Crippen LogP contribution in [0.3, 0.4) is 0 Å². The average molecular weight is 256 g/mol. The van der Waals surface area contributed by atoms with Crippen LogP contribution >= 0.6 is 11.6 Å². The highest BCUT2D eigenvalue weighted by molar-refractivity contribution is 6.28. The molecule has 2 aromatic rings. The number of hydrogen-bond donors (Lipinski definition) is 0. The molecular weight excluding hydrogens is 248 g/mol. The van der Waals surface area contributed by atoms with Crippen molar-refractivity contribution in [2.45, 2.75) is 0 Å². The Morgan fingerprint density at radius 2 is 1.82 bits per heavy atom. The first-order valence-corrected chi connectivity index (χ1v) is 5.13. The molecule has 0 N–H and O–H groups in total. The maximum atomic E-state index is 13.5. The van der Waals surface area contributed by atoms with Crippen LogP contribution in [0.2, 0.25) is 5.28 Å². The minimum atomic E-state index is -0.596. The Balaban J connectivity index is 2.39. The quantitative estimate of drug-likeness (QED) is 0.772. The topological polar surface area (TPSA) is 29.0 Å². The van der Waals surface area contributed by atoms with E-state index in [1.165, 1.54) is 29.2 Å². The standard InChI is InChI=1S/C11H8ClF2N3/c1-17(8-4-2-7(13)3-5-8)10-9(14)6-15-11(12)16-10/h2-6H,1H3. The lowest BCUT2D eigenvalue weighted by atomic mass is 10.3. The van der Waals surface area contributed by atoms with E-state index < -0.39 is 5.82 Å². The van der Waals surface area contributed by atoms with Crippen LogP contribution in [0.25, 0.3) is 0 Å². The van der Waals surface area contributed by atoms with Crippen LogP contribution in [0.1, 0.15) is 0 Å². The van der Waals surface area contributed by atoms with Gasteiger partial charge in [0.1, 0.15) is 5.82 Å². The molecule has 0 bridgehead atoms. The number of hydrogen-bond acceptors (Lipinski definition) is 3. The zero-order valence-corrected chi connectivity index (χ0v) is 9.62. The fourth-order valence-corrected chi connectivity index (χ4v) is 1.49. The van der Waals surface area contributed by atoms with Crippen molar-refractivity contribution in [1.82, 2.24) is 9.97 Å². The number of aromatic nitrogens is 2. The molecule has 1 aromatic carbocycles. The van der Waals surface area contributed by atoms with E-state index in [1.807, 2.05) is 0 Å². The van der Waals surface area contributed by atoms with Crippen molar-refractivity contribution < 1.29 is 8.78 Å². The summed E-state index contributed by atoms with van der Waals surface area (Å²) in [4.78, 5) is 8.77. The molecule has 0 radical (unpaired) electrons. The molecule has 0 aliphatic rings. The lowest BCUT2D eigenvalue weighted by Crippen LogP contribution is -2.13. The van der Waals surface area contributed by atoms with Crippen molar-refractivity contribution >= 4 is 23.1 Å². The monoisotopic (exact) mass is 255 g/mol. The van der Waals surface area contributed by atoms with Crippen LogP contribution < -0.4 is 4.90 Å². The van der Waals surface area contributed by atoms with Gasteiger partial charge in [0.05, 0.1) is 6.20 Å². The van der Waals surface area contributed by atoms with Gasteiger partial charge in [-0.15, -0.1) is 0 Å². The lowest BCUT2D eigenvalue weighted by molar-refractivity contribution is 0.613. The van der Waals surface area contributed by atoms with Crippen LogP contribution in [0.4, 0.5) is 20.3 Å². The lowest BCUT2D eigenvalue weighted by Gasteiger charge is -2.18. The highest BCUT2D eigenvalue weighted by Gasteiger charge is 2.12. The molecular formula is C11H8ClF2N3. The molecule has 3 nitrogen and oxygen atoms in total. The first-order valence-electron chi connectivity index (χ1n) is 4.75. The van der Waals surface area contributed by atoms with Gasteiger partial charge in [-0.05, 0) is 35.9 Å². The molecule has 0 aliphatic heterocycles. The molecule has 0 aliphatic carbocycles. The van der Waals surface area contributed by atoms with Crippen LogP contribution in [0.15, 0.2) is 30.5 Å². The highest BCUT2D eigenvalue weighted by Crippen LogP contribution is 2.24. The van der Waals surface area contributed by atoms with Crippen molar-refractivity contribution in [3.8, 4) is 0 Å². The van der Waals surface area contributed by atoms with E-state index in [9.17, 15) is 8.78 Å². The Morgan fingerprint density at radius 1 is 1.18 bits per heavy atom. The van der Waals surface area contributed by atoms with Crippen LogP contribution in [0, 0.1) is 11.6 Å². The Hall–Kier alpha value is -1.75. The van der Waals surface area contributed by atoms with Gasteiger partial charge in [-0.2, -0.15) is 4.98 Å². The Kier molecular flexibility index (Phi) is 3.19. The summed E-state index contributed by atoms with van der Waals surface area (Å²) >= 11 is 5.60. The summed E-state index contributed by atoms with van der Waals surface area (Å²) in [5.41, 5.74) is 0.597. The van der Waals surface area contributed by atoms with E-state index in [4.69, 9.17) is 11.6 Å². The van der Waals surface area contributed by atoms with E-state index in [0.717, 1.165) is 6.20 Å². The molecule has 88 valence electrons. The first kappa shape index (κ1) is 11.7. The third-order valence-corrected chi connectivity index (χ3v) is 2.41. The van der Waals surface area contributed by atoms with E-state index in [1.54, 1.807) is 7.05 Å². The van der Waals surface area contributed by atoms with E-state index in [0.29, 0.717) is 5.69 Å². The van der Waals surface area contributed by atoms with Gasteiger partial charge in [0, 0.05) is 12.7 Å². The molecule has 0 saturated heterocycles. The molecule has 0 spiro atoms. The third kappa shape index (κ3) is 2.50. The zero-order valence-electron chi connectivity index (χ0n) is 8.86. The summed E-state index contributed by atoms with van der Waals surface area (Å²) in [6.07, 6.45) is 0.991. The second-order valence-electron chi connectivity index (χ2n) is 3.35.